The van der Waals surface area contributed by atoms with Gasteiger partial charge in [-0.1, -0.05) is 31.2 Å². The van der Waals surface area contributed by atoms with Crippen molar-refractivity contribution in [1.29, 1.82) is 0 Å². The zero-order valence-corrected chi connectivity index (χ0v) is 27.9. The van der Waals surface area contributed by atoms with Crippen molar-refractivity contribution in [3.05, 3.63) is 83.2 Å². The van der Waals surface area contributed by atoms with E-state index in [4.69, 9.17) is 28.4 Å². The van der Waals surface area contributed by atoms with Crippen molar-refractivity contribution in [2.24, 2.45) is 5.92 Å². The van der Waals surface area contributed by atoms with Gasteiger partial charge in [0.05, 0.1) is 24.7 Å². The first-order valence-corrected chi connectivity index (χ1v) is 17.6. The molecule has 8 nitrogen and oxygen atoms in total. The predicted molar refractivity (Wildman–Crippen MR) is 178 cm³/mol. The molecule has 4 unspecified atom stereocenters. The topological polar surface area (TPSA) is 75.7 Å². The van der Waals surface area contributed by atoms with Gasteiger partial charge in [0.15, 0.2) is 18.4 Å². The lowest BCUT2D eigenvalue weighted by Gasteiger charge is -2.34. The number of rotatable bonds is 10. The van der Waals surface area contributed by atoms with Crippen molar-refractivity contribution >= 4 is 5.78 Å². The summed E-state index contributed by atoms with van der Waals surface area (Å²) in [5.41, 5.74) is 1.41. The van der Waals surface area contributed by atoms with E-state index in [2.05, 4.69) is 18.7 Å². The van der Waals surface area contributed by atoms with Crippen LogP contribution >= 0.6 is 0 Å². The lowest BCUT2D eigenvalue weighted by Crippen LogP contribution is -2.35. The summed E-state index contributed by atoms with van der Waals surface area (Å²) < 4.78 is 51.9. The van der Waals surface area contributed by atoms with Crippen molar-refractivity contribution in [3.8, 4) is 23.0 Å². The monoisotopic (exact) mass is 659 g/mol. The van der Waals surface area contributed by atoms with Crippen molar-refractivity contribution in [2.75, 3.05) is 32.9 Å². The van der Waals surface area contributed by atoms with E-state index in [1.807, 2.05) is 48.5 Å². The summed E-state index contributed by atoms with van der Waals surface area (Å²) in [5.74, 6) is 0.749. The van der Waals surface area contributed by atoms with Gasteiger partial charge in [0.1, 0.15) is 41.5 Å². The first kappa shape index (κ1) is 32.9. The van der Waals surface area contributed by atoms with Gasteiger partial charge in [0.25, 0.3) is 0 Å². The Hall–Kier alpha value is -3.66. The highest BCUT2D eigenvalue weighted by atomic mass is 19.1. The van der Waals surface area contributed by atoms with Crippen LogP contribution in [0.3, 0.4) is 0 Å². The van der Waals surface area contributed by atoms with Crippen LogP contribution in [0.15, 0.2) is 60.7 Å². The SMILES string of the molecule is C[C@@H]1CCN([C@@H](C)COc2ccc(C3Oc4cc(OC5CCCCO5)cc(F)c4C(=O)C3c3ccc(OC4CCCCO4)cc3)cc2)C1. The third-order valence-electron chi connectivity index (χ3n) is 9.94. The van der Waals surface area contributed by atoms with Gasteiger partial charge in [-0.2, -0.15) is 0 Å². The van der Waals surface area contributed by atoms with E-state index in [9.17, 15) is 4.79 Å². The Morgan fingerprint density at radius 1 is 0.833 bits per heavy atom. The van der Waals surface area contributed by atoms with Crippen LogP contribution < -0.4 is 18.9 Å². The number of halogens is 1. The van der Waals surface area contributed by atoms with Gasteiger partial charge in [0.2, 0.25) is 0 Å². The van der Waals surface area contributed by atoms with Gasteiger partial charge in [-0.15, -0.1) is 0 Å². The van der Waals surface area contributed by atoms with Crippen LogP contribution in [0.1, 0.15) is 92.3 Å². The summed E-state index contributed by atoms with van der Waals surface area (Å²) in [5, 5.41) is 0. The second-order valence-electron chi connectivity index (χ2n) is 13.7. The minimum absolute atomic E-state index is 0.0748. The lowest BCUT2D eigenvalue weighted by atomic mass is 9.81. The summed E-state index contributed by atoms with van der Waals surface area (Å²) >= 11 is 0. The number of benzene rings is 3. The predicted octanol–water partition coefficient (Wildman–Crippen LogP) is 7.85. The fraction of sp³-hybridized carbons (Fsp3) is 0.513. The molecule has 6 atom stereocenters. The number of likely N-dealkylation sites (tertiary alicyclic amines) is 1. The maximum atomic E-state index is 15.7. The van der Waals surface area contributed by atoms with E-state index >= 15 is 4.39 Å². The summed E-state index contributed by atoms with van der Waals surface area (Å²) in [4.78, 5) is 16.7. The van der Waals surface area contributed by atoms with Crippen molar-refractivity contribution < 1.29 is 37.6 Å². The average molecular weight is 660 g/mol. The molecule has 7 rings (SSSR count). The molecule has 3 aromatic rings. The number of carbonyl (C=O) groups is 1. The van der Waals surface area contributed by atoms with Crippen LogP contribution in [0.2, 0.25) is 0 Å². The van der Waals surface area contributed by atoms with E-state index < -0.39 is 24.1 Å². The van der Waals surface area contributed by atoms with Crippen LogP contribution in [0.25, 0.3) is 0 Å². The van der Waals surface area contributed by atoms with Gasteiger partial charge in [0, 0.05) is 37.6 Å². The number of carbonyl (C=O) groups excluding carboxylic acids is 1. The highest BCUT2D eigenvalue weighted by molar-refractivity contribution is 6.05. The van der Waals surface area contributed by atoms with Gasteiger partial charge in [-0.25, -0.2) is 4.39 Å². The molecular weight excluding hydrogens is 613 g/mol. The molecule has 256 valence electrons. The quantitative estimate of drug-likeness (QED) is 0.218. The normalized spacial score (nSPS) is 26.7. The van der Waals surface area contributed by atoms with Gasteiger partial charge >= 0.3 is 0 Å². The Balaban J connectivity index is 1.14. The molecule has 0 amide bonds. The van der Waals surface area contributed by atoms with Crippen LogP contribution in [0.4, 0.5) is 4.39 Å². The first-order valence-electron chi connectivity index (χ1n) is 17.6. The second kappa shape index (κ2) is 14.8. The van der Waals surface area contributed by atoms with E-state index in [0.717, 1.165) is 62.9 Å². The summed E-state index contributed by atoms with van der Waals surface area (Å²) in [6.45, 7) is 8.57. The van der Waals surface area contributed by atoms with Crippen molar-refractivity contribution in [1.82, 2.24) is 4.90 Å². The second-order valence-corrected chi connectivity index (χ2v) is 13.7. The van der Waals surface area contributed by atoms with Gasteiger partial charge in [-0.3, -0.25) is 9.69 Å². The third-order valence-corrected chi connectivity index (χ3v) is 9.94. The molecule has 0 spiro atoms. The number of hydrogen-bond acceptors (Lipinski definition) is 8. The smallest absolute Gasteiger partial charge is 0.199 e. The molecule has 4 aliphatic heterocycles. The average Bonchev–Trinajstić information content (AvgIpc) is 3.55. The maximum Gasteiger partial charge on any atom is 0.199 e. The van der Waals surface area contributed by atoms with Crippen LogP contribution in [-0.4, -0.2) is 62.2 Å². The Labute approximate surface area is 282 Å². The number of ketones is 1. The summed E-state index contributed by atoms with van der Waals surface area (Å²) in [7, 11) is 0. The number of ether oxygens (including phenoxy) is 6. The Morgan fingerprint density at radius 2 is 1.48 bits per heavy atom. The number of fused-ring (bicyclic) bond motifs is 1. The minimum Gasteiger partial charge on any atom is -0.492 e. The largest absolute Gasteiger partial charge is 0.492 e. The fourth-order valence-electron chi connectivity index (χ4n) is 7.15. The van der Waals surface area contributed by atoms with Crippen molar-refractivity contribution in [2.45, 2.75) is 89.4 Å². The minimum atomic E-state index is -0.788. The third kappa shape index (κ3) is 7.48. The molecule has 0 saturated carbocycles. The molecule has 48 heavy (non-hydrogen) atoms. The van der Waals surface area contributed by atoms with E-state index in [1.54, 1.807) is 6.07 Å². The summed E-state index contributed by atoms with van der Waals surface area (Å²) in [6, 6.07) is 18.3. The van der Waals surface area contributed by atoms with E-state index in [-0.39, 0.29) is 29.1 Å². The Morgan fingerprint density at radius 3 is 2.10 bits per heavy atom. The summed E-state index contributed by atoms with van der Waals surface area (Å²) in [6.07, 6.45) is 5.38. The van der Waals surface area contributed by atoms with Gasteiger partial charge in [-0.05, 0) is 86.9 Å². The number of Topliss-reactive ketones (excluding diaryl/α,β-unsaturated/α-hetero) is 1. The molecule has 3 fully saturated rings. The van der Waals surface area contributed by atoms with Crippen LogP contribution in [-0.2, 0) is 9.47 Å². The number of nitrogens with zero attached hydrogens (tertiary/aromatic N) is 1. The van der Waals surface area contributed by atoms with E-state index in [0.29, 0.717) is 43.1 Å². The molecule has 0 N–H and O–H groups in total. The molecule has 0 aromatic heterocycles. The highest BCUT2D eigenvalue weighted by Gasteiger charge is 2.41. The standard InChI is InChI=1S/C39H46FNO7/c1-25-17-18-41(23-25)26(2)24-45-29-13-11-28(12-14-29)39-36(27-9-15-30(16-10-27)46-34-7-3-5-19-43-34)38(42)37-32(40)21-31(22-33(37)48-39)47-35-8-4-6-20-44-35/h9-16,21-22,25-26,34-36,39H,3-8,17-20,23-24H2,1-2H3/t25-,26+,34?,35?,36?,39?/m1/s1. The maximum absolute atomic E-state index is 15.7. The lowest BCUT2D eigenvalue weighted by molar-refractivity contribution is -0.106. The molecule has 3 aromatic carbocycles. The molecule has 4 heterocycles. The Kier molecular flexibility index (Phi) is 10.2. The molecule has 3 saturated heterocycles. The molecule has 0 aliphatic carbocycles. The van der Waals surface area contributed by atoms with Crippen LogP contribution in [0.5, 0.6) is 23.0 Å². The van der Waals surface area contributed by atoms with Crippen molar-refractivity contribution in [3.63, 3.8) is 0 Å². The van der Waals surface area contributed by atoms with E-state index in [1.165, 1.54) is 12.5 Å². The fourth-order valence-corrected chi connectivity index (χ4v) is 7.15. The first-order chi connectivity index (χ1) is 23.4. The molecule has 9 heteroatoms. The number of hydrogen-bond donors (Lipinski definition) is 0. The zero-order chi connectivity index (χ0) is 33.0. The van der Waals surface area contributed by atoms with Crippen LogP contribution in [0, 0.1) is 11.7 Å². The Bertz CT molecular complexity index is 1540. The molecule has 0 bridgehead atoms. The zero-order valence-electron chi connectivity index (χ0n) is 27.9. The van der Waals surface area contributed by atoms with Gasteiger partial charge < -0.3 is 28.4 Å². The molecule has 0 radical (unpaired) electrons. The highest BCUT2D eigenvalue weighted by Crippen LogP contribution is 2.46. The molecule has 4 aliphatic rings. The molecular formula is C39H46FNO7.